The van der Waals surface area contributed by atoms with Crippen molar-refractivity contribution in [1.82, 2.24) is 5.32 Å². The number of methoxy groups -OCH3 is 1. The summed E-state index contributed by atoms with van der Waals surface area (Å²) in [6.07, 6.45) is 1.23. The van der Waals surface area contributed by atoms with E-state index >= 15 is 0 Å². The van der Waals surface area contributed by atoms with Crippen LogP contribution in [0.15, 0.2) is 53.7 Å². The molecule has 2 aromatic carbocycles. The van der Waals surface area contributed by atoms with Crippen LogP contribution in [0.5, 0.6) is 5.75 Å². The van der Waals surface area contributed by atoms with E-state index in [1.165, 1.54) is 12.3 Å². The van der Waals surface area contributed by atoms with E-state index in [-0.39, 0.29) is 12.5 Å². The van der Waals surface area contributed by atoms with Crippen LogP contribution in [0.3, 0.4) is 0 Å². The van der Waals surface area contributed by atoms with Gasteiger partial charge >= 0.3 is 0 Å². The third-order valence-corrected chi connectivity index (χ3v) is 3.04. The number of rotatable bonds is 7. The topological polar surface area (TPSA) is 59.9 Å². The molecule has 0 unspecified atom stereocenters. The second kappa shape index (κ2) is 8.53. The van der Waals surface area contributed by atoms with Crippen LogP contribution < -0.4 is 10.1 Å². The normalized spacial score (nSPS) is 10.5. The van der Waals surface area contributed by atoms with Gasteiger partial charge in [0.25, 0.3) is 5.91 Å². The van der Waals surface area contributed by atoms with Gasteiger partial charge in [0.15, 0.2) is 6.61 Å². The fourth-order valence-corrected chi connectivity index (χ4v) is 1.86. The Balaban J connectivity index is 1.76. The molecule has 0 heterocycles. The number of nitrogens with zero attached hydrogens (tertiary/aromatic N) is 1. The SMILES string of the molecule is COc1ccccc1CNC(=O)CO/N=C\c1ccccc1F. The van der Waals surface area contributed by atoms with Gasteiger partial charge in [-0.25, -0.2) is 4.39 Å². The second-order valence-corrected chi connectivity index (χ2v) is 4.62. The highest BCUT2D eigenvalue weighted by molar-refractivity contribution is 5.80. The number of ether oxygens (including phenoxy) is 1. The fraction of sp³-hybridized carbons (Fsp3) is 0.176. The maximum absolute atomic E-state index is 13.3. The van der Waals surface area contributed by atoms with E-state index < -0.39 is 5.82 Å². The molecular weight excluding hydrogens is 299 g/mol. The van der Waals surface area contributed by atoms with Crippen LogP contribution in [0.4, 0.5) is 4.39 Å². The van der Waals surface area contributed by atoms with E-state index in [1.54, 1.807) is 25.3 Å². The lowest BCUT2D eigenvalue weighted by molar-refractivity contribution is -0.125. The molecule has 1 N–H and O–H groups in total. The first-order chi connectivity index (χ1) is 11.2. The molecule has 0 radical (unpaired) electrons. The molecule has 23 heavy (non-hydrogen) atoms. The van der Waals surface area contributed by atoms with Crippen molar-refractivity contribution in [2.75, 3.05) is 13.7 Å². The molecular formula is C17H17FN2O3. The summed E-state index contributed by atoms with van der Waals surface area (Å²) >= 11 is 0. The van der Waals surface area contributed by atoms with E-state index in [2.05, 4.69) is 10.5 Å². The number of carbonyl (C=O) groups is 1. The highest BCUT2D eigenvalue weighted by Crippen LogP contribution is 2.16. The Kier molecular flexibility index (Phi) is 6.11. The number of para-hydroxylation sites is 1. The quantitative estimate of drug-likeness (QED) is 0.631. The minimum atomic E-state index is -0.402. The van der Waals surface area contributed by atoms with E-state index in [0.29, 0.717) is 17.9 Å². The Bertz CT molecular complexity index is 689. The van der Waals surface area contributed by atoms with Gasteiger partial charge in [-0.1, -0.05) is 41.6 Å². The number of benzene rings is 2. The average Bonchev–Trinajstić information content (AvgIpc) is 2.58. The summed E-state index contributed by atoms with van der Waals surface area (Å²) in [6.45, 7) is 0.0728. The monoisotopic (exact) mass is 316 g/mol. The van der Waals surface area contributed by atoms with Gasteiger partial charge in [-0.2, -0.15) is 0 Å². The van der Waals surface area contributed by atoms with Crippen molar-refractivity contribution >= 4 is 12.1 Å². The maximum atomic E-state index is 13.3. The van der Waals surface area contributed by atoms with Crippen LogP contribution in [0.25, 0.3) is 0 Å². The molecule has 2 rings (SSSR count). The number of oxime groups is 1. The number of halogens is 1. The zero-order valence-corrected chi connectivity index (χ0v) is 12.7. The third kappa shape index (κ3) is 5.10. The Hall–Kier alpha value is -2.89. The van der Waals surface area contributed by atoms with E-state index in [1.807, 2.05) is 24.3 Å². The first-order valence-corrected chi connectivity index (χ1v) is 6.99. The van der Waals surface area contributed by atoms with Crippen molar-refractivity contribution in [3.8, 4) is 5.75 Å². The first-order valence-electron chi connectivity index (χ1n) is 6.99. The molecule has 1 amide bonds. The number of hydrogen-bond acceptors (Lipinski definition) is 4. The van der Waals surface area contributed by atoms with Crippen molar-refractivity contribution in [2.24, 2.45) is 5.16 Å². The van der Waals surface area contributed by atoms with Crippen LogP contribution in [0, 0.1) is 5.82 Å². The summed E-state index contributed by atoms with van der Waals surface area (Å²) in [6, 6.07) is 13.5. The fourth-order valence-electron chi connectivity index (χ4n) is 1.86. The van der Waals surface area contributed by atoms with Crippen molar-refractivity contribution in [1.29, 1.82) is 0 Å². The molecule has 0 spiro atoms. The zero-order chi connectivity index (χ0) is 16.5. The van der Waals surface area contributed by atoms with Crippen molar-refractivity contribution < 1.29 is 18.8 Å². The van der Waals surface area contributed by atoms with Gasteiger partial charge in [0.1, 0.15) is 11.6 Å². The summed E-state index contributed by atoms with van der Waals surface area (Å²) in [4.78, 5) is 16.5. The first kappa shape index (κ1) is 16.5. The van der Waals surface area contributed by atoms with Gasteiger partial charge in [-0.15, -0.1) is 0 Å². The molecule has 0 saturated carbocycles. The molecule has 0 fully saturated rings. The van der Waals surface area contributed by atoms with Crippen molar-refractivity contribution in [2.45, 2.75) is 6.54 Å². The maximum Gasteiger partial charge on any atom is 0.261 e. The Labute approximate surface area is 133 Å². The van der Waals surface area contributed by atoms with Gasteiger partial charge in [0.2, 0.25) is 0 Å². The molecule has 120 valence electrons. The minimum absolute atomic E-state index is 0.250. The minimum Gasteiger partial charge on any atom is -0.496 e. The molecule has 0 aliphatic carbocycles. The zero-order valence-electron chi connectivity index (χ0n) is 12.7. The molecule has 0 atom stereocenters. The molecule has 0 aliphatic heterocycles. The van der Waals surface area contributed by atoms with Crippen LogP contribution in [-0.4, -0.2) is 25.8 Å². The Morgan fingerprint density at radius 1 is 1.22 bits per heavy atom. The van der Waals surface area contributed by atoms with Crippen LogP contribution in [0.2, 0.25) is 0 Å². The van der Waals surface area contributed by atoms with Crippen molar-refractivity contribution in [3.63, 3.8) is 0 Å². The standard InChI is InChI=1S/C17H17FN2O3/c1-22-16-9-5-3-7-14(16)10-19-17(21)12-23-20-11-13-6-2-4-8-15(13)18/h2-9,11H,10,12H2,1H3,(H,19,21)/b20-11-. The third-order valence-electron chi connectivity index (χ3n) is 3.04. The highest BCUT2D eigenvalue weighted by atomic mass is 19.1. The summed E-state index contributed by atoms with van der Waals surface area (Å²) in [5.74, 6) is -0.0339. The number of hydrogen-bond donors (Lipinski definition) is 1. The van der Waals surface area contributed by atoms with E-state index in [4.69, 9.17) is 9.57 Å². The van der Waals surface area contributed by atoms with Gasteiger partial charge in [0, 0.05) is 17.7 Å². The molecule has 0 saturated heterocycles. The molecule has 0 aliphatic rings. The number of carbonyl (C=O) groups excluding carboxylic acids is 1. The van der Waals surface area contributed by atoms with Crippen LogP contribution >= 0.6 is 0 Å². The predicted molar refractivity (Wildman–Crippen MR) is 84.8 cm³/mol. The van der Waals surface area contributed by atoms with E-state index in [9.17, 15) is 9.18 Å². The molecule has 0 bridgehead atoms. The van der Waals surface area contributed by atoms with Crippen LogP contribution in [0.1, 0.15) is 11.1 Å². The van der Waals surface area contributed by atoms with Gasteiger partial charge in [-0.05, 0) is 12.1 Å². The van der Waals surface area contributed by atoms with Gasteiger partial charge in [0.05, 0.1) is 13.3 Å². The van der Waals surface area contributed by atoms with Crippen LogP contribution in [-0.2, 0) is 16.2 Å². The van der Waals surface area contributed by atoms with Crippen molar-refractivity contribution in [3.05, 3.63) is 65.5 Å². The smallest absolute Gasteiger partial charge is 0.261 e. The second-order valence-electron chi connectivity index (χ2n) is 4.62. The highest BCUT2D eigenvalue weighted by Gasteiger charge is 2.05. The Morgan fingerprint density at radius 2 is 1.96 bits per heavy atom. The van der Waals surface area contributed by atoms with Gasteiger partial charge in [-0.3, -0.25) is 4.79 Å². The summed E-state index contributed by atoms with van der Waals surface area (Å²) in [5.41, 5.74) is 1.15. The summed E-state index contributed by atoms with van der Waals surface area (Å²) < 4.78 is 18.5. The lowest BCUT2D eigenvalue weighted by atomic mass is 10.2. The number of amides is 1. The number of nitrogens with one attached hydrogen (secondary N) is 1. The molecule has 5 nitrogen and oxygen atoms in total. The van der Waals surface area contributed by atoms with Gasteiger partial charge < -0.3 is 14.9 Å². The van der Waals surface area contributed by atoms with E-state index in [0.717, 1.165) is 5.56 Å². The summed E-state index contributed by atoms with van der Waals surface area (Å²) in [5, 5.41) is 6.27. The predicted octanol–water partition coefficient (Wildman–Crippen LogP) is 2.50. The Morgan fingerprint density at radius 3 is 2.74 bits per heavy atom. The molecule has 0 aromatic heterocycles. The largest absolute Gasteiger partial charge is 0.496 e. The lowest BCUT2D eigenvalue weighted by Crippen LogP contribution is -2.26. The molecule has 6 heteroatoms. The average molecular weight is 316 g/mol. The molecule has 2 aromatic rings. The lowest BCUT2D eigenvalue weighted by Gasteiger charge is -2.08. The summed E-state index contributed by atoms with van der Waals surface area (Å²) in [7, 11) is 1.57.